The van der Waals surface area contributed by atoms with Crippen molar-refractivity contribution in [3.05, 3.63) is 29.8 Å². The summed E-state index contributed by atoms with van der Waals surface area (Å²) in [5.74, 6) is 1.03. The fraction of sp³-hybridized carbons (Fsp3) is 0.533. The van der Waals surface area contributed by atoms with E-state index in [-0.39, 0.29) is 11.9 Å². The van der Waals surface area contributed by atoms with Gasteiger partial charge in [-0.05, 0) is 37.3 Å². The third-order valence-corrected chi connectivity index (χ3v) is 3.94. The zero-order valence-corrected chi connectivity index (χ0v) is 10.9. The number of carbonyl (C=O) groups is 1. The van der Waals surface area contributed by atoms with Crippen molar-refractivity contribution in [1.29, 1.82) is 0 Å². The van der Waals surface area contributed by atoms with Crippen molar-refractivity contribution in [2.75, 3.05) is 18.4 Å². The van der Waals surface area contributed by atoms with E-state index in [0.29, 0.717) is 0 Å². The zero-order valence-electron chi connectivity index (χ0n) is 10.9. The number of anilines is 1. The summed E-state index contributed by atoms with van der Waals surface area (Å²) in [6.45, 7) is 3.84. The highest BCUT2D eigenvalue weighted by Gasteiger charge is 2.32. The summed E-state index contributed by atoms with van der Waals surface area (Å²) in [6.07, 6.45) is 3.42. The van der Waals surface area contributed by atoms with Crippen molar-refractivity contribution in [3.63, 3.8) is 0 Å². The van der Waals surface area contributed by atoms with Gasteiger partial charge in [0.1, 0.15) is 6.04 Å². The Bertz CT molecular complexity index is 429. The van der Waals surface area contributed by atoms with Gasteiger partial charge in [0.2, 0.25) is 5.91 Å². The molecule has 1 aromatic carbocycles. The van der Waals surface area contributed by atoms with E-state index in [1.54, 1.807) is 0 Å². The van der Waals surface area contributed by atoms with Crippen LogP contribution in [0.3, 0.4) is 0 Å². The Morgan fingerprint density at radius 3 is 2.83 bits per heavy atom. The average Bonchev–Trinajstić information content (AvgIpc) is 3.10. The number of para-hydroxylation sites is 1. The number of likely N-dealkylation sites (N-methyl/N-ethyl adjacent to an activating group) is 1. The lowest BCUT2D eigenvalue weighted by atomic mass is 10.1. The minimum absolute atomic E-state index is 0.0545. The maximum Gasteiger partial charge on any atom is 0.245 e. The molecular weight excluding hydrogens is 224 g/mol. The van der Waals surface area contributed by atoms with Crippen LogP contribution in [0, 0.1) is 5.92 Å². The predicted octanol–water partition coefficient (Wildman–Crippen LogP) is 2.28. The van der Waals surface area contributed by atoms with E-state index in [9.17, 15) is 4.79 Å². The fourth-order valence-electron chi connectivity index (χ4n) is 2.65. The van der Waals surface area contributed by atoms with Crippen molar-refractivity contribution in [2.24, 2.45) is 5.92 Å². The lowest BCUT2D eigenvalue weighted by Crippen LogP contribution is -2.43. The molecule has 0 saturated heterocycles. The second-order valence-corrected chi connectivity index (χ2v) is 5.38. The molecule has 3 nitrogen and oxygen atoms in total. The van der Waals surface area contributed by atoms with Crippen molar-refractivity contribution in [1.82, 2.24) is 4.90 Å². The molecule has 1 atom stereocenters. The number of rotatable bonds is 4. The highest BCUT2D eigenvalue weighted by Crippen LogP contribution is 2.31. The van der Waals surface area contributed by atoms with Crippen molar-refractivity contribution in [2.45, 2.75) is 32.2 Å². The summed E-state index contributed by atoms with van der Waals surface area (Å²) in [7, 11) is 0. The van der Waals surface area contributed by atoms with E-state index in [2.05, 4.69) is 24.4 Å². The van der Waals surface area contributed by atoms with E-state index in [4.69, 9.17) is 0 Å². The minimum atomic E-state index is -0.0545. The maximum atomic E-state index is 12.5. The lowest BCUT2D eigenvalue weighted by molar-refractivity contribution is -0.131. The second-order valence-electron chi connectivity index (χ2n) is 5.38. The summed E-state index contributed by atoms with van der Waals surface area (Å²) in [5.41, 5.74) is 2.39. The first kappa shape index (κ1) is 11.6. The van der Waals surface area contributed by atoms with Gasteiger partial charge in [-0.25, -0.2) is 0 Å². The van der Waals surface area contributed by atoms with Gasteiger partial charge in [-0.15, -0.1) is 0 Å². The van der Waals surface area contributed by atoms with Gasteiger partial charge in [0.05, 0.1) is 0 Å². The number of fused-ring (bicyclic) bond motifs is 1. The zero-order chi connectivity index (χ0) is 12.5. The van der Waals surface area contributed by atoms with Crippen LogP contribution in [0.5, 0.6) is 0 Å². The molecule has 1 unspecified atom stereocenters. The standard InChI is InChI=1S/C15H20N2O/c1-2-17(10-11-7-8-11)15(18)14-9-12-5-3-4-6-13(12)16-14/h3-6,11,14,16H,2,7-10H2,1H3. The second kappa shape index (κ2) is 4.63. The monoisotopic (exact) mass is 244 g/mol. The number of nitrogens with zero attached hydrogens (tertiary/aromatic N) is 1. The van der Waals surface area contributed by atoms with Crippen LogP contribution < -0.4 is 5.32 Å². The predicted molar refractivity (Wildman–Crippen MR) is 72.5 cm³/mol. The number of hydrogen-bond acceptors (Lipinski definition) is 2. The summed E-state index contributed by atoms with van der Waals surface area (Å²) in [4.78, 5) is 14.5. The molecule has 1 fully saturated rings. The molecule has 18 heavy (non-hydrogen) atoms. The van der Waals surface area contributed by atoms with Crippen LogP contribution in [0.25, 0.3) is 0 Å². The quantitative estimate of drug-likeness (QED) is 0.881. The molecule has 1 amide bonds. The van der Waals surface area contributed by atoms with Gasteiger partial charge in [0.15, 0.2) is 0 Å². The molecule has 0 radical (unpaired) electrons. The molecule has 1 aromatic rings. The Kier molecular flexibility index (Phi) is 2.98. The van der Waals surface area contributed by atoms with Gasteiger partial charge in [-0.2, -0.15) is 0 Å². The third-order valence-electron chi connectivity index (χ3n) is 3.94. The summed E-state index contributed by atoms with van der Waals surface area (Å²) in [6, 6.07) is 8.16. The lowest BCUT2D eigenvalue weighted by Gasteiger charge is -2.24. The fourth-order valence-corrected chi connectivity index (χ4v) is 2.65. The Hall–Kier alpha value is -1.51. The average molecular weight is 244 g/mol. The Labute approximate surface area is 108 Å². The number of amides is 1. The van der Waals surface area contributed by atoms with Crippen LogP contribution in [-0.4, -0.2) is 29.9 Å². The summed E-state index contributed by atoms with van der Waals surface area (Å²) in [5, 5.41) is 3.35. The first-order valence-electron chi connectivity index (χ1n) is 6.91. The molecule has 1 heterocycles. The van der Waals surface area contributed by atoms with Gasteiger partial charge in [0, 0.05) is 25.2 Å². The maximum absolute atomic E-state index is 12.5. The van der Waals surface area contributed by atoms with Crippen LogP contribution in [0.1, 0.15) is 25.3 Å². The molecule has 0 spiro atoms. The molecule has 0 bridgehead atoms. The van der Waals surface area contributed by atoms with Crippen LogP contribution in [0.4, 0.5) is 5.69 Å². The minimum Gasteiger partial charge on any atom is -0.373 e. The topological polar surface area (TPSA) is 32.3 Å². The molecule has 2 aliphatic rings. The van der Waals surface area contributed by atoms with Gasteiger partial charge in [-0.3, -0.25) is 4.79 Å². The molecule has 1 N–H and O–H groups in total. The highest BCUT2D eigenvalue weighted by atomic mass is 16.2. The number of carbonyl (C=O) groups excluding carboxylic acids is 1. The van der Waals surface area contributed by atoms with E-state index in [1.807, 2.05) is 17.0 Å². The van der Waals surface area contributed by atoms with E-state index in [1.165, 1.54) is 18.4 Å². The van der Waals surface area contributed by atoms with Crippen molar-refractivity contribution in [3.8, 4) is 0 Å². The van der Waals surface area contributed by atoms with E-state index >= 15 is 0 Å². The molecular formula is C15H20N2O. The van der Waals surface area contributed by atoms with E-state index in [0.717, 1.165) is 31.1 Å². The van der Waals surface area contributed by atoms with Crippen LogP contribution in [0.2, 0.25) is 0 Å². The van der Waals surface area contributed by atoms with Crippen LogP contribution in [0.15, 0.2) is 24.3 Å². The molecule has 1 aliphatic carbocycles. The molecule has 3 rings (SSSR count). The highest BCUT2D eigenvalue weighted by molar-refractivity contribution is 5.87. The third kappa shape index (κ3) is 2.22. The normalized spacial score (nSPS) is 21.3. The Morgan fingerprint density at radius 2 is 2.17 bits per heavy atom. The van der Waals surface area contributed by atoms with Crippen LogP contribution in [-0.2, 0) is 11.2 Å². The molecule has 0 aromatic heterocycles. The van der Waals surface area contributed by atoms with Crippen LogP contribution >= 0.6 is 0 Å². The van der Waals surface area contributed by atoms with E-state index < -0.39 is 0 Å². The SMILES string of the molecule is CCN(CC1CC1)C(=O)C1Cc2ccccc2N1. The largest absolute Gasteiger partial charge is 0.373 e. The molecule has 1 aliphatic heterocycles. The molecule has 3 heteroatoms. The number of benzene rings is 1. The molecule has 96 valence electrons. The Morgan fingerprint density at radius 1 is 1.39 bits per heavy atom. The van der Waals surface area contributed by atoms with Gasteiger partial charge in [0.25, 0.3) is 0 Å². The molecule has 1 saturated carbocycles. The van der Waals surface area contributed by atoms with Gasteiger partial charge < -0.3 is 10.2 Å². The van der Waals surface area contributed by atoms with Crippen molar-refractivity contribution >= 4 is 11.6 Å². The summed E-state index contributed by atoms with van der Waals surface area (Å²) < 4.78 is 0. The Balaban J connectivity index is 1.67. The number of hydrogen-bond donors (Lipinski definition) is 1. The summed E-state index contributed by atoms with van der Waals surface area (Å²) >= 11 is 0. The van der Waals surface area contributed by atoms with Crippen molar-refractivity contribution < 1.29 is 4.79 Å². The first-order valence-corrected chi connectivity index (χ1v) is 6.91. The first-order chi connectivity index (χ1) is 8.78. The van der Waals surface area contributed by atoms with Gasteiger partial charge >= 0.3 is 0 Å². The van der Waals surface area contributed by atoms with Gasteiger partial charge in [-0.1, -0.05) is 18.2 Å². The smallest absolute Gasteiger partial charge is 0.245 e. The number of nitrogens with one attached hydrogen (secondary N) is 1.